The molecular formula is C2H4BN2. The zero-order valence-corrected chi connectivity index (χ0v) is 2.81. The molecule has 3 heteroatoms. The van der Waals surface area contributed by atoms with Crippen molar-refractivity contribution in [3.63, 3.8) is 0 Å². The van der Waals surface area contributed by atoms with Gasteiger partial charge in [0.1, 0.15) is 0 Å². The third kappa shape index (κ3) is 0.405. The van der Waals surface area contributed by atoms with Gasteiger partial charge in [-0.2, -0.15) is 0 Å². The van der Waals surface area contributed by atoms with Crippen LogP contribution >= 0.6 is 0 Å². The zero-order chi connectivity index (χ0) is 3.54. The normalized spacial score (nSPS) is 17.6. The third-order valence-corrected chi connectivity index (χ3v) is 0.480. The topological polar surface area (TPSA) is 24.4 Å². The van der Waals surface area contributed by atoms with Gasteiger partial charge in [-0.15, -0.1) is 0 Å². The predicted octanol–water partition coefficient (Wildman–Crippen LogP) is -0.387. The summed E-state index contributed by atoms with van der Waals surface area (Å²) in [6, 6.07) is 0. The van der Waals surface area contributed by atoms with Gasteiger partial charge in [-0.3, -0.25) is 0 Å². The van der Waals surface area contributed by atoms with Crippen LogP contribution in [-0.4, -0.2) is 13.6 Å². The monoisotopic (exact) mass is 67.0 g/mol. The minimum absolute atomic E-state index is 0.972. The summed E-state index contributed by atoms with van der Waals surface area (Å²) in [6.45, 7) is 0. The fraction of sp³-hybridized carbons (Fsp3) is 0.500. The van der Waals surface area contributed by atoms with Crippen molar-refractivity contribution in [1.82, 2.24) is 5.34 Å². The maximum absolute atomic E-state index is 3.65. The van der Waals surface area contributed by atoms with Crippen molar-refractivity contribution in [1.29, 1.82) is 0 Å². The van der Waals surface area contributed by atoms with Gasteiger partial charge in [-0.1, -0.05) is 0 Å². The van der Waals surface area contributed by atoms with E-state index >= 15 is 0 Å². The molecule has 0 aromatic heterocycles. The molecule has 1 aliphatic rings. The first-order chi connectivity index (χ1) is 2.50. The zero-order valence-electron chi connectivity index (χ0n) is 2.81. The molecule has 25 valence electrons. The van der Waals surface area contributed by atoms with Crippen LogP contribution in [0.1, 0.15) is 0 Å². The molecule has 0 amide bonds. The molecule has 2 nitrogen and oxygen atoms in total. The molecule has 0 aromatic rings. The van der Waals surface area contributed by atoms with Crippen LogP contribution in [0.25, 0.3) is 0 Å². The summed E-state index contributed by atoms with van der Waals surface area (Å²) >= 11 is 0. The summed E-state index contributed by atoms with van der Waals surface area (Å²) in [5.41, 5.74) is 0. The van der Waals surface area contributed by atoms with Crippen molar-refractivity contribution >= 4 is 13.6 Å². The van der Waals surface area contributed by atoms with Gasteiger partial charge in [-0.25, -0.2) is 5.10 Å². The van der Waals surface area contributed by atoms with Crippen LogP contribution in [0, 0.1) is 0 Å². The standard InChI is InChI=1S/C2H4BN2/c1-2-4-5-3-1/h2,5H,1H2. The molecule has 1 heterocycles. The molecule has 0 aliphatic carbocycles. The molecule has 0 bridgehead atoms. The van der Waals surface area contributed by atoms with Crippen LogP contribution < -0.4 is 5.34 Å². The maximum atomic E-state index is 3.65. The average Bonchev–Trinajstić information content (AvgIpc) is 1.76. The van der Waals surface area contributed by atoms with E-state index in [4.69, 9.17) is 0 Å². The number of nitrogens with one attached hydrogen (secondary N) is 1. The molecule has 0 unspecified atom stereocenters. The Kier molecular flexibility index (Phi) is 0.609. The molecule has 0 aromatic carbocycles. The Bertz CT molecular complexity index is 45.6. The van der Waals surface area contributed by atoms with E-state index in [1.165, 1.54) is 0 Å². The van der Waals surface area contributed by atoms with Crippen molar-refractivity contribution in [2.75, 3.05) is 0 Å². The lowest BCUT2D eigenvalue weighted by molar-refractivity contribution is 1.11. The van der Waals surface area contributed by atoms with Crippen LogP contribution in [0.4, 0.5) is 0 Å². The van der Waals surface area contributed by atoms with E-state index in [1.807, 2.05) is 13.6 Å². The minimum Gasteiger partial charge on any atom is -0.359 e. The highest BCUT2D eigenvalue weighted by atomic mass is 15.2. The molecule has 1 aliphatic heterocycles. The van der Waals surface area contributed by atoms with Gasteiger partial charge in [0.15, 0.2) is 0 Å². The SMILES string of the molecule is [B]1CC=NN1. The molecule has 1 radical (unpaired) electrons. The summed E-state index contributed by atoms with van der Waals surface area (Å²) in [7, 11) is 1.89. The van der Waals surface area contributed by atoms with E-state index in [9.17, 15) is 0 Å². The molecule has 1 N–H and O–H groups in total. The van der Waals surface area contributed by atoms with Crippen LogP contribution in [0.3, 0.4) is 0 Å². The Morgan fingerprint density at radius 2 is 3.00 bits per heavy atom. The predicted molar refractivity (Wildman–Crippen MR) is 22.2 cm³/mol. The first-order valence-electron chi connectivity index (χ1n) is 1.59. The molecule has 0 fully saturated rings. The highest BCUT2D eigenvalue weighted by Crippen LogP contribution is 1.74. The summed E-state index contributed by atoms with van der Waals surface area (Å²) in [5.74, 6) is 0. The Morgan fingerprint density at radius 1 is 2.00 bits per heavy atom. The number of nitrogens with zero attached hydrogens (tertiary/aromatic N) is 1. The van der Waals surface area contributed by atoms with E-state index in [1.54, 1.807) is 0 Å². The van der Waals surface area contributed by atoms with E-state index in [-0.39, 0.29) is 0 Å². The second kappa shape index (κ2) is 1.10. The van der Waals surface area contributed by atoms with Crippen LogP contribution in [-0.2, 0) is 0 Å². The molecule has 0 atom stereocenters. The van der Waals surface area contributed by atoms with Crippen LogP contribution in [0.5, 0.6) is 0 Å². The first kappa shape index (κ1) is 2.76. The van der Waals surface area contributed by atoms with Gasteiger partial charge in [-0.05, 0) is 6.32 Å². The summed E-state index contributed by atoms with van der Waals surface area (Å²) < 4.78 is 0. The van der Waals surface area contributed by atoms with Crippen molar-refractivity contribution in [2.24, 2.45) is 5.10 Å². The summed E-state index contributed by atoms with van der Waals surface area (Å²) in [6.07, 6.45) is 2.79. The van der Waals surface area contributed by atoms with Gasteiger partial charge in [0.05, 0.1) is 0 Å². The third-order valence-electron chi connectivity index (χ3n) is 0.480. The summed E-state index contributed by atoms with van der Waals surface area (Å²) in [4.78, 5) is 0. The van der Waals surface area contributed by atoms with Crippen molar-refractivity contribution in [3.05, 3.63) is 0 Å². The van der Waals surface area contributed by atoms with E-state index < -0.39 is 0 Å². The molecule has 0 saturated heterocycles. The van der Waals surface area contributed by atoms with Crippen molar-refractivity contribution in [3.8, 4) is 0 Å². The molecular weight excluding hydrogens is 62.8 g/mol. The van der Waals surface area contributed by atoms with Crippen LogP contribution in [0.2, 0.25) is 6.32 Å². The van der Waals surface area contributed by atoms with Crippen molar-refractivity contribution in [2.45, 2.75) is 6.32 Å². The van der Waals surface area contributed by atoms with Gasteiger partial charge in [0, 0.05) is 6.21 Å². The fourth-order valence-corrected chi connectivity index (χ4v) is 0.264. The minimum atomic E-state index is 0.972. The van der Waals surface area contributed by atoms with E-state index in [2.05, 4.69) is 10.4 Å². The maximum Gasteiger partial charge on any atom is 0.273 e. The van der Waals surface area contributed by atoms with E-state index in [0.29, 0.717) is 0 Å². The number of hydrazone groups is 1. The lowest BCUT2D eigenvalue weighted by Crippen LogP contribution is -2.01. The van der Waals surface area contributed by atoms with Crippen molar-refractivity contribution < 1.29 is 0 Å². The Morgan fingerprint density at radius 3 is 3.20 bits per heavy atom. The van der Waals surface area contributed by atoms with Crippen LogP contribution in [0.15, 0.2) is 5.10 Å². The second-order valence-electron chi connectivity index (χ2n) is 0.881. The van der Waals surface area contributed by atoms with Gasteiger partial charge in [0.2, 0.25) is 0 Å². The Hall–Kier alpha value is -0.465. The average molecular weight is 66.9 g/mol. The molecule has 0 spiro atoms. The number of hydrogen-bond acceptors (Lipinski definition) is 2. The smallest absolute Gasteiger partial charge is 0.273 e. The van der Waals surface area contributed by atoms with Gasteiger partial charge in [0.25, 0.3) is 7.41 Å². The first-order valence-corrected chi connectivity index (χ1v) is 1.59. The molecule has 1 rings (SSSR count). The number of hydrogen-bond donors (Lipinski definition) is 1. The summed E-state index contributed by atoms with van der Waals surface area (Å²) in [5, 5.41) is 6.32. The Balaban J connectivity index is 2.32. The fourth-order valence-electron chi connectivity index (χ4n) is 0.264. The van der Waals surface area contributed by atoms with Gasteiger partial charge < -0.3 is 5.34 Å². The molecule has 0 saturated carbocycles. The van der Waals surface area contributed by atoms with E-state index in [0.717, 1.165) is 6.32 Å². The highest BCUT2D eigenvalue weighted by Gasteiger charge is 1.88. The lowest BCUT2D eigenvalue weighted by Gasteiger charge is -1.73. The highest BCUT2D eigenvalue weighted by molar-refractivity contribution is 6.38. The lowest BCUT2D eigenvalue weighted by atomic mass is 9.94. The molecule has 5 heavy (non-hydrogen) atoms. The largest absolute Gasteiger partial charge is 0.359 e. The second-order valence-corrected chi connectivity index (χ2v) is 0.881. The van der Waals surface area contributed by atoms with Gasteiger partial charge >= 0.3 is 0 Å². The number of rotatable bonds is 0. The quantitative estimate of drug-likeness (QED) is 0.383. The Labute approximate surface area is 31.5 Å².